The Bertz CT molecular complexity index is 835. The Hall–Kier alpha value is -2.55. The van der Waals surface area contributed by atoms with Crippen LogP contribution in [0.2, 0.25) is 0 Å². The van der Waals surface area contributed by atoms with Crippen molar-refractivity contribution in [1.29, 1.82) is 0 Å². The molecule has 3 nitrogen and oxygen atoms in total. The maximum atomic E-state index is 11.2. The van der Waals surface area contributed by atoms with Crippen molar-refractivity contribution in [3.8, 4) is 0 Å². The molecule has 2 unspecified atom stereocenters. The van der Waals surface area contributed by atoms with Gasteiger partial charge in [0.15, 0.2) is 0 Å². The minimum absolute atomic E-state index is 0.166. The van der Waals surface area contributed by atoms with Gasteiger partial charge in [-0.25, -0.2) is 0 Å². The number of nitrogens with zero attached hydrogens (tertiary/aromatic N) is 1. The van der Waals surface area contributed by atoms with Crippen molar-refractivity contribution in [1.82, 2.24) is 4.57 Å². The summed E-state index contributed by atoms with van der Waals surface area (Å²) in [6.45, 7) is 0.811. The van der Waals surface area contributed by atoms with Crippen molar-refractivity contribution in [2.45, 2.75) is 18.9 Å². The normalized spacial score (nSPS) is 20.2. The summed E-state index contributed by atoms with van der Waals surface area (Å²) in [6.07, 6.45) is 2.90. The zero-order chi connectivity index (χ0) is 15.1. The second kappa shape index (κ2) is 5.02. The van der Waals surface area contributed by atoms with E-state index in [1.165, 1.54) is 22.0 Å². The van der Waals surface area contributed by atoms with Crippen molar-refractivity contribution in [3.63, 3.8) is 0 Å². The molecule has 1 aliphatic rings. The number of rotatable bonds is 4. The van der Waals surface area contributed by atoms with Crippen LogP contribution in [0.4, 0.5) is 0 Å². The molecule has 1 aromatic heterocycles. The first kappa shape index (κ1) is 13.1. The van der Waals surface area contributed by atoms with Crippen molar-refractivity contribution in [2.24, 2.45) is 5.92 Å². The maximum absolute atomic E-state index is 11.2. The lowest BCUT2D eigenvalue weighted by Gasteiger charge is -2.05. The number of aromatic nitrogens is 1. The Labute approximate surface area is 128 Å². The highest BCUT2D eigenvalue weighted by atomic mass is 16.4. The number of carbonyl (C=O) groups is 1. The fourth-order valence-corrected chi connectivity index (χ4v) is 3.29. The maximum Gasteiger partial charge on any atom is 0.307 e. The Morgan fingerprint density at radius 2 is 1.82 bits per heavy atom. The van der Waals surface area contributed by atoms with E-state index >= 15 is 0 Å². The molecule has 4 rings (SSSR count). The van der Waals surface area contributed by atoms with E-state index in [9.17, 15) is 9.90 Å². The number of fused-ring (bicyclic) bond motifs is 1. The third kappa shape index (κ3) is 2.19. The number of hydrogen-bond acceptors (Lipinski definition) is 1. The topological polar surface area (TPSA) is 42.2 Å². The smallest absolute Gasteiger partial charge is 0.307 e. The van der Waals surface area contributed by atoms with Crippen LogP contribution in [0.3, 0.4) is 0 Å². The van der Waals surface area contributed by atoms with Crippen LogP contribution >= 0.6 is 0 Å². The van der Waals surface area contributed by atoms with Crippen LogP contribution in [0.1, 0.15) is 23.5 Å². The van der Waals surface area contributed by atoms with Crippen molar-refractivity contribution in [2.75, 3.05) is 0 Å². The molecule has 2 aromatic carbocycles. The van der Waals surface area contributed by atoms with Crippen molar-refractivity contribution < 1.29 is 9.90 Å². The molecular weight excluding hydrogens is 274 g/mol. The molecule has 2 atom stereocenters. The summed E-state index contributed by atoms with van der Waals surface area (Å²) < 4.78 is 2.23. The summed E-state index contributed by atoms with van der Waals surface area (Å²) >= 11 is 0. The molecule has 0 aliphatic heterocycles. The van der Waals surface area contributed by atoms with Gasteiger partial charge in [0.2, 0.25) is 0 Å². The molecule has 1 fully saturated rings. The molecular formula is C19H17NO2. The minimum Gasteiger partial charge on any atom is -0.481 e. The molecule has 3 aromatic rings. The monoisotopic (exact) mass is 291 g/mol. The van der Waals surface area contributed by atoms with Crippen LogP contribution in [0, 0.1) is 5.92 Å². The van der Waals surface area contributed by atoms with Gasteiger partial charge in [0.05, 0.1) is 5.92 Å². The van der Waals surface area contributed by atoms with Gasteiger partial charge in [-0.05, 0) is 23.6 Å². The van der Waals surface area contributed by atoms with Crippen LogP contribution in [0.15, 0.2) is 60.8 Å². The van der Waals surface area contributed by atoms with Gasteiger partial charge in [0.1, 0.15) is 0 Å². The summed E-state index contributed by atoms with van der Waals surface area (Å²) in [6, 6.07) is 18.6. The molecule has 0 spiro atoms. The van der Waals surface area contributed by atoms with Crippen LogP contribution in [-0.4, -0.2) is 15.6 Å². The number of para-hydroxylation sites is 1. The summed E-state index contributed by atoms with van der Waals surface area (Å²) in [7, 11) is 0. The standard InChI is InChI=1S/C19H17NO2/c21-19(22)16-10-15(16)17-12-20(11-13-6-2-1-3-7-13)18-9-5-4-8-14(17)18/h1-9,12,15-16H,10-11H2,(H,21,22). The van der Waals surface area contributed by atoms with Crippen LogP contribution in [-0.2, 0) is 11.3 Å². The molecule has 3 heteroatoms. The predicted octanol–water partition coefficient (Wildman–Crippen LogP) is 3.88. The van der Waals surface area contributed by atoms with Gasteiger partial charge in [-0.15, -0.1) is 0 Å². The molecule has 1 aliphatic carbocycles. The molecule has 0 amide bonds. The van der Waals surface area contributed by atoms with Gasteiger partial charge in [0, 0.05) is 29.6 Å². The lowest BCUT2D eigenvalue weighted by atomic mass is 10.1. The zero-order valence-electron chi connectivity index (χ0n) is 12.1. The summed E-state index contributed by atoms with van der Waals surface area (Å²) in [5.41, 5.74) is 3.61. The average molecular weight is 291 g/mol. The van der Waals surface area contributed by atoms with Gasteiger partial charge < -0.3 is 9.67 Å². The van der Waals surface area contributed by atoms with Crippen molar-refractivity contribution in [3.05, 3.63) is 71.9 Å². The highest BCUT2D eigenvalue weighted by Crippen LogP contribution is 2.50. The highest BCUT2D eigenvalue weighted by Gasteiger charge is 2.45. The first-order valence-corrected chi connectivity index (χ1v) is 7.58. The second-order valence-corrected chi connectivity index (χ2v) is 6.00. The molecule has 0 radical (unpaired) electrons. The quantitative estimate of drug-likeness (QED) is 0.792. The van der Waals surface area contributed by atoms with Crippen molar-refractivity contribution >= 4 is 16.9 Å². The van der Waals surface area contributed by atoms with Crippen LogP contribution < -0.4 is 0 Å². The van der Waals surface area contributed by atoms with E-state index in [1.54, 1.807) is 0 Å². The number of aliphatic carboxylic acids is 1. The van der Waals surface area contributed by atoms with Gasteiger partial charge >= 0.3 is 5.97 Å². The van der Waals surface area contributed by atoms with E-state index < -0.39 is 5.97 Å². The fraction of sp³-hybridized carbons (Fsp3) is 0.211. The van der Waals surface area contributed by atoms with Gasteiger partial charge in [-0.1, -0.05) is 48.5 Å². The number of carboxylic acids is 1. The zero-order valence-corrected chi connectivity index (χ0v) is 12.1. The van der Waals surface area contributed by atoms with E-state index in [4.69, 9.17) is 0 Å². The molecule has 0 bridgehead atoms. The largest absolute Gasteiger partial charge is 0.481 e. The summed E-state index contributed by atoms with van der Waals surface area (Å²) in [5, 5.41) is 10.4. The van der Waals surface area contributed by atoms with Crippen LogP contribution in [0.5, 0.6) is 0 Å². The molecule has 1 heterocycles. The summed E-state index contributed by atoms with van der Waals surface area (Å²) in [5.74, 6) is -0.722. The highest BCUT2D eigenvalue weighted by molar-refractivity contribution is 5.87. The van der Waals surface area contributed by atoms with Gasteiger partial charge in [0.25, 0.3) is 0 Å². The van der Waals surface area contributed by atoms with E-state index in [-0.39, 0.29) is 11.8 Å². The average Bonchev–Trinajstić information content (AvgIpc) is 3.26. The van der Waals surface area contributed by atoms with Crippen LogP contribution in [0.25, 0.3) is 10.9 Å². The molecule has 1 saturated carbocycles. The lowest BCUT2D eigenvalue weighted by molar-refractivity contribution is -0.138. The van der Waals surface area contributed by atoms with E-state index in [1.807, 2.05) is 30.3 Å². The Morgan fingerprint density at radius 3 is 2.55 bits per heavy atom. The number of hydrogen-bond donors (Lipinski definition) is 1. The fourth-order valence-electron chi connectivity index (χ4n) is 3.29. The summed E-state index contributed by atoms with van der Waals surface area (Å²) in [4.78, 5) is 11.2. The predicted molar refractivity (Wildman–Crippen MR) is 86.0 cm³/mol. The first-order valence-electron chi connectivity index (χ1n) is 7.58. The molecule has 0 saturated heterocycles. The molecule has 22 heavy (non-hydrogen) atoms. The minimum atomic E-state index is -0.676. The number of benzene rings is 2. The SMILES string of the molecule is O=C(O)C1CC1c1cn(Cc2ccccc2)c2ccccc12. The van der Waals surface area contributed by atoms with E-state index in [0.717, 1.165) is 13.0 Å². The Kier molecular flexibility index (Phi) is 3.00. The third-order valence-corrected chi connectivity index (χ3v) is 4.52. The van der Waals surface area contributed by atoms with E-state index in [0.29, 0.717) is 0 Å². The van der Waals surface area contributed by atoms with Gasteiger partial charge in [-0.2, -0.15) is 0 Å². The first-order chi connectivity index (χ1) is 10.7. The second-order valence-electron chi connectivity index (χ2n) is 6.00. The molecule has 110 valence electrons. The molecule has 1 N–H and O–H groups in total. The Morgan fingerprint density at radius 1 is 1.09 bits per heavy atom. The van der Waals surface area contributed by atoms with Gasteiger partial charge in [-0.3, -0.25) is 4.79 Å². The number of carboxylic acid groups (broad SMARTS) is 1. The lowest BCUT2D eigenvalue weighted by Crippen LogP contribution is -1.99. The third-order valence-electron chi connectivity index (χ3n) is 4.52. The Balaban J connectivity index is 1.75. The van der Waals surface area contributed by atoms with E-state index in [2.05, 4.69) is 35.0 Å².